The Balaban J connectivity index is 2.94. The molecule has 0 saturated carbocycles. The standard InChI is InChI=1S/C6H9BrN2/c1-5(2)9-4-3-8-6(9)7/h3-5H,1-2H3. The summed E-state index contributed by atoms with van der Waals surface area (Å²) in [5.41, 5.74) is 0. The summed E-state index contributed by atoms with van der Waals surface area (Å²) in [6.07, 6.45) is 3.73. The molecule has 2 nitrogen and oxygen atoms in total. The third-order valence-corrected chi connectivity index (χ3v) is 1.79. The van der Waals surface area contributed by atoms with Gasteiger partial charge in [0.2, 0.25) is 0 Å². The lowest BCUT2D eigenvalue weighted by atomic mass is 10.4. The van der Waals surface area contributed by atoms with Crippen molar-refractivity contribution in [1.82, 2.24) is 9.55 Å². The number of rotatable bonds is 1. The Morgan fingerprint density at radius 1 is 1.67 bits per heavy atom. The first-order valence-corrected chi connectivity index (χ1v) is 3.69. The number of halogens is 1. The maximum absolute atomic E-state index is 4.02. The number of aromatic nitrogens is 2. The van der Waals surface area contributed by atoms with Gasteiger partial charge in [0.15, 0.2) is 4.73 Å². The average Bonchev–Trinajstić information content (AvgIpc) is 2.13. The molecule has 9 heavy (non-hydrogen) atoms. The minimum Gasteiger partial charge on any atom is -0.323 e. The summed E-state index contributed by atoms with van der Waals surface area (Å²) >= 11 is 3.32. The molecule has 0 fully saturated rings. The van der Waals surface area contributed by atoms with Crippen LogP contribution in [0.15, 0.2) is 17.1 Å². The van der Waals surface area contributed by atoms with Crippen LogP contribution in [0, 0.1) is 0 Å². The SMILES string of the molecule is CC(C)n1ccnc1Br. The monoisotopic (exact) mass is 188 g/mol. The molecule has 50 valence electrons. The fraction of sp³-hybridized carbons (Fsp3) is 0.500. The number of hydrogen-bond donors (Lipinski definition) is 0. The molecule has 0 spiro atoms. The largest absolute Gasteiger partial charge is 0.323 e. The van der Waals surface area contributed by atoms with Crippen LogP contribution in [-0.2, 0) is 0 Å². The van der Waals surface area contributed by atoms with Crippen molar-refractivity contribution >= 4 is 15.9 Å². The lowest BCUT2D eigenvalue weighted by Gasteiger charge is -2.05. The van der Waals surface area contributed by atoms with Crippen LogP contribution >= 0.6 is 15.9 Å². The van der Waals surface area contributed by atoms with Gasteiger partial charge >= 0.3 is 0 Å². The maximum atomic E-state index is 4.02. The summed E-state index contributed by atoms with van der Waals surface area (Å²) in [5, 5.41) is 0. The molecule has 1 aromatic heterocycles. The average molecular weight is 189 g/mol. The molecule has 1 heterocycles. The molecule has 3 heteroatoms. The summed E-state index contributed by atoms with van der Waals surface area (Å²) in [6.45, 7) is 4.24. The lowest BCUT2D eigenvalue weighted by Crippen LogP contribution is -1.98. The van der Waals surface area contributed by atoms with Crippen LogP contribution in [0.1, 0.15) is 19.9 Å². The molecule has 0 N–H and O–H groups in total. The van der Waals surface area contributed by atoms with Crippen LogP contribution in [0.5, 0.6) is 0 Å². The molecular weight excluding hydrogens is 180 g/mol. The number of imidazole rings is 1. The quantitative estimate of drug-likeness (QED) is 0.662. The normalized spacial score (nSPS) is 10.7. The Morgan fingerprint density at radius 3 is 2.56 bits per heavy atom. The molecular formula is C6H9BrN2. The minimum absolute atomic E-state index is 0.488. The Kier molecular flexibility index (Phi) is 1.90. The highest BCUT2D eigenvalue weighted by Gasteiger charge is 1.99. The molecule has 0 aliphatic rings. The fourth-order valence-corrected chi connectivity index (χ4v) is 1.33. The molecule has 1 aromatic rings. The number of nitrogens with zero attached hydrogens (tertiary/aromatic N) is 2. The van der Waals surface area contributed by atoms with E-state index in [0.29, 0.717) is 6.04 Å². The summed E-state index contributed by atoms with van der Waals surface area (Å²) in [7, 11) is 0. The van der Waals surface area contributed by atoms with Crippen molar-refractivity contribution in [3.63, 3.8) is 0 Å². The first kappa shape index (κ1) is 6.81. The molecule has 0 saturated heterocycles. The van der Waals surface area contributed by atoms with Gasteiger partial charge in [0, 0.05) is 18.4 Å². The predicted molar refractivity (Wildman–Crippen MR) is 40.3 cm³/mol. The summed E-state index contributed by atoms with van der Waals surface area (Å²) < 4.78 is 2.96. The van der Waals surface area contributed by atoms with Gasteiger partial charge in [-0.05, 0) is 29.8 Å². The van der Waals surface area contributed by atoms with Gasteiger partial charge in [0.25, 0.3) is 0 Å². The number of hydrogen-bond acceptors (Lipinski definition) is 1. The fourth-order valence-electron chi connectivity index (χ4n) is 0.680. The van der Waals surface area contributed by atoms with E-state index in [1.54, 1.807) is 6.20 Å². The second kappa shape index (κ2) is 2.52. The second-order valence-corrected chi connectivity index (χ2v) is 2.91. The highest BCUT2D eigenvalue weighted by molar-refractivity contribution is 9.10. The molecule has 0 aliphatic heterocycles. The van der Waals surface area contributed by atoms with Crippen molar-refractivity contribution in [2.24, 2.45) is 0 Å². The predicted octanol–water partition coefficient (Wildman–Crippen LogP) is 2.23. The summed E-state index contributed by atoms with van der Waals surface area (Å²) in [6, 6.07) is 0.488. The highest BCUT2D eigenvalue weighted by Crippen LogP contribution is 2.12. The van der Waals surface area contributed by atoms with Crippen LogP contribution in [0.3, 0.4) is 0 Å². The topological polar surface area (TPSA) is 17.8 Å². The summed E-state index contributed by atoms with van der Waals surface area (Å²) in [4.78, 5) is 4.02. The van der Waals surface area contributed by atoms with E-state index in [9.17, 15) is 0 Å². The minimum atomic E-state index is 0.488. The Hall–Kier alpha value is -0.310. The van der Waals surface area contributed by atoms with Crippen LogP contribution in [0.2, 0.25) is 0 Å². The van der Waals surface area contributed by atoms with E-state index in [0.717, 1.165) is 4.73 Å². The lowest BCUT2D eigenvalue weighted by molar-refractivity contribution is 0.587. The van der Waals surface area contributed by atoms with Gasteiger partial charge in [-0.2, -0.15) is 0 Å². The molecule has 0 amide bonds. The molecule has 1 rings (SSSR count). The van der Waals surface area contributed by atoms with E-state index in [2.05, 4.69) is 39.3 Å². The molecule has 0 unspecified atom stereocenters. The van der Waals surface area contributed by atoms with E-state index in [1.807, 2.05) is 6.20 Å². The zero-order chi connectivity index (χ0) is 6.85. The second-order valence-electron chi connectivity index (χ2n) is 2.20. The Bertz CT molecular complexity index is 193. The van der Waals surface area contributed by atoms with Crippen molar-refractivity contribution < 1.29 is 0 Å². The summed E-state index contributed by atoms with van der Waals surface area (Å²) in [5.74, 6) is 0. The first-order chi connectivity index (χ1) is 4.22. The Morgan fingerprint density at radius 2 is 2.33 bits per heavy atom. The van der Waals surface area contributed by atoms with Crippen molar-refractivity contribution in [2.45, 2.75) is 19.9 Å². The van der Waals surface area contributed by atoms with E-state index >= 15 is 0 Å². The van der Waals surface area contributed by atoms with Crippen LogP contribution < -0.4 is 0 Å². The zero-order valence-electron chi connectivity index (χ0n) is 5.50. The third kappa shape index (κ3) is 1.33. The van der Waals surface area contributed by atoms with Gasteiger partial charge in [0.1, 0.15) is 0 Å². The van der Waals surface area contributed by atoms with Crippen molar-refractivity contribution in [3.8, 4) is 0 Å². The Labute approximate surface area is 63.0 Å². The molecule has 0 atom stereocenters. The van der Waals surface area contributed by atoms with Crippen molar-refractivity contribution in [2.75, 3.05) is 0 Å². The van der Waals surface area contributed by atoms with Gasteiger partial charge in [-0.3, -0.25) is 0 Å². The van der Waals surface area contributed by atoms with E-state index in [-0.39, 0.29) is 0 Å². The molecule has 0 bridgehead atoms. The van der Waals surface area contributed by atoms with E-state index in [1.165, 1.54) is 0 Å². The van der Waals surface area contributed by atoms with Crippen LogP contribution in [0.25, 0.3) is 0 Å². The van der Waals surface area contributed by atoms with Crippen molar-refractivity contribution in [1.29, 1.82) is 0 Å². The van der Waals surface area contributed by atoms with Crippen LogP contribution in [-0.4, -0.2) is 9.55 Å². The van der Waals surface area contributed by atoms with Gasteiger partial charge in [-0.1, -0.05) is 0 Å². The molecule has 0 aromatic carbocycles. The van der Waals surface area contributed by atoms with Gasteiger partial charge in [-0.15, -0.1) is 0 Å². The van der Waals surface area contributed by atoms with Crippen LogP contribution in [0.4, 0.5) is 0 Å². The van der Waals surface area contributed by atoms with E-state index in [4.69, 9.17) is 0 Å². The zero-order valence-corrected chi connectivity index (χ0v) is 7.09. The van der Waals surface area contributed by atoms with Gasteiger partial charge in [0.05, 0.1) is 0 Å². The third-order valence-electron chi connectivity index (χ3n) is 1.18. The van der Waals surface area contributed by atoms with Gasteiger partial charge < -0.3 is 4.57 Å². The van der Waals surface area contributed by atoms with Crippen molar-refractivity contribution in [3.05, 3.63) is 17.1 Å². The highest BCUT2D eigenvalue weighted by atomic mass is 79.9. The smallest absolute Gasteiger partial charge is 0.177 e. The van der Waals surface area contributed by atoms with E-state index < -0.39 is 0 Å². The van der Waals surface area contributed by atoms with Gasteiger partial charge in [-0.25, -0.2) is 4.98 Å². The maximum Gasteiger partial charge on any atom is 0.177 e. The first-order valence-electron chi connectivity index (χ1n) is 2.90. The molecule has 0 aliphatic carbocycles. The molecule has 0 radical (unpaired) electrons.